The van der Waals surface area contributed by atoms with Crippen molar-refractivity contribution in [2.45, 2.75) is 6.92 Å². The van der Waals surface area contributed by atoms with E-state index in [-0.39, 0.29) is 0 Å². The zero-order chi connectivity index (χ0) is 9.26. The zero-order valence-corrected chi connectivity index (χ0v) is 7.83. The summed E-state index contributed by atoms with van der Waals surface area (Å²) >= 11 is 1.14. The van der Waals surface area contributed by atoms with Gasteiger partial charge >= 0.3 is 0 Å². The van der Waals surface area contributed by atoms with Gasteiger partial charge in [-0.1, -0.05) is 0 Å². The monoisotopic (exact) mass is 198 g/mol. The van der Waals surface area contributed by atoms with Crippen molar-refractivity contribution in [1.82, 2.24) is 19.6 Å². The van der Waals surface area contributed by atoms with Crippen molar-refractivity contribution < 1.29 is 9.15 Å². The van der Waals surface area contributed by atoms with Crippen LogP contribution >= 0.6 is 11.5 Å². The highest BCUT2D eigenvalue weighted by Gasteiger charge is 2.12. The Hall–Kier alpha value is -1.50. The molecule has 68 valence electrons. The van der Waals surface area contributed by atoms with Crippen molar-refractivity contribution in [3.63, 3.8) is 0 Å². The minimum atomic E-state index is 0.317. The maximum atomic E-state index is 5.13. The Labute approximate surface area is 77.8 Å². The Morgan fingerprint density at radius 3 is 2.77 bits per heavy atom. The summed E-state index contributed by atoms with van der Waals surface area (Å²) in [5, 5.41) is 7.92. The van der Waals surface area contributed by atoms with E-state index in [0.29, 0.717) is 22.8 Å². The van der Waals surface area contributed by atoms with Gasteiger partial charge < -0.3 is 9.15 Å². The molecule has 7 heteroatoms. The predicted molar refractivity (Wildman–Crippen MR) is 44.5 cm³/mol. The average molecular weight is 198 g/mol. The van der Waals surface area contributed by atoms with E-state index in [4.69, 9.17) is 9.15 Å². The lowest BCUT2D eigenvalue weighted by Crippen LogP contribution is -1.82. The Kier molecular flexibility index (Phi) is 1.93. The Morgan fingerprint density at radius 2 is 2.23 bits per heavy atom. The molecule has 13 heavy (non-hydrogen) atoms. The molecule has 0 N–H and O–H groups in total. The van der Waals surface area contributed by atoms with Crippen molar-refractivity contribution in [2.24, 2.45) is 0 Å². The van der Waals surface area contributed by atoms with E-state index in [1.807, 2.05) is 0 Å². The number of aromatic nitrogens is 4. The quantitative estimate of drug-likeness (QED) is 0.713. The Bertz CT molecular complexity index is 410. The number of hydrogen-bond donors (Lipinski definition) is 0. The first-order valence-corrected chi connectivity index (χ1v) is 4.25. The summed E-state index contributed by atoms with van der Waals surface area (Å²) in [6, 6.07) is 0. The Balaban J connectivity index is 2.35. The molecule has 0 amide bonds. The third-order valence-electron chi connectivity index (χ3n) is 1.30. The molecular weight excluding hydrogens is 192 g/mol. The molecule has 0 spiro atoms. The number of nitrogens with zero attached hydrogens (tertiary/aromatic N) is 4. The number of hydrogen-bond acceptors (Lipinski definition) is 7. The third-order valence-corrected chi connectivity index (χ3v) is 1.98. The lowest BCUT2D eigenvalue weighted by atomic mass is 10.6. The van der Waals surface area contributed by atoms with Crippen LogP contribution < -0.4 is 4.74 Å². The van der Waals surface area contributed by atoms with Gasteiger partial charge in [-0.05, 0) is 0 Å². The highest BCUT2D eigenvalue weighted by atomic mass is 32.1. The van der Waals surface area contributed by atoms with E-state index in [2.05, 4.69) is 19.6 Å². The summed E-state index contributed by atoms with van der Waals surface area (Å²) in [4.78, 5) is 4.00. The van der Waals surface area contributed by atoms with Crippen LogP contribution in [0, 0.1) is 6.92 Å². The Morgan fingerprint density at radius 1 is 1.38 bits per heavy atom. The SMILES string of the molecule is COc1nc(-c2nnc(C)o2)ns1. The number of ether oxygens (including phenoxy) is 1. The first kappa shape index (κ1) is 8.11. The van der Waals surface area contributed by atoms with Crippen molar-refractivity contribution >= 4 is 11.5 Å². The van der Waals surface area contributed by atoms with Crippen LogP contribution in [0.1, 0.15) is 5.89 Å². The van der Waals surface area contributed by atoms with Gasteiger partial charge in [-0.3, -0.25) is 0 Å². The molecule has 0 aliphatic heterocycles. The van der Waals surface area contributed by atoms with Crippen LogP contribution in [0.15, 0.2) is 4.42 Å². The largest absolute Gasteiger partial charge is 0.472 e. The van der Waals surface area contributed by atoms with Gasteiger partial charge in [0.2, 0.25) is 11.7 Å². The van der Waals surface area contributed by atoms with Crippen LogP contribution in [-0.4, -0.2) is 26.7 Å². The highest BCUT2D eigenvalue weighted by molar-refractivity contribution is 7.07. The minimum absolute atomic E-state index is 0.317. The first-order valence-electron chi connectivity index (χ1n) is 3.48. The second-order valence-corrected chi connectivity index (χ2v) is 2.93. The van der Waals surface area contributed by atoms with Crippen LogP contribution in [0.5, 0.6) is 5.19 Å². The number of rotatable bonds is 2. The molecule has 0 unspecified atom stereocenters. The van der Waals surface area contributed by atoms with Gasteiger partial charge in [0.15, 0.2) is 0 Å². The van der Waals surface area contributed by atoms with Crippen LogP contribution in [0.25, 0.3) is 11.7 Å². The molecule has 2 heterocycles. The molecular formula is C6H6N4O2S. The van der Waals surface area contributed by atoms with Crippen molar-refractivity contribution in [1.29, 1.82) is 0 Å². The molecule has 0 atom stereocenters. The number of methoxy groups -OCH3 is 1. The molecule has 0 aliphatic carbocycles. The molecule has 0 saturated carbocycles. The lowest BCUT2D eigenvalue weighted by molar-refractivity contribution is 0.411. The summed E-state index contributed by atoms with van der Waals surface area (Å²) in [6.07, 6.45) is 0. The molecule has 2 rings (SSSR count). The van der Waals surface area contributed by atoms with E-state index < -0.39 is 0 Å². The van der Waals surface area contributed by atoms with Gasteiger partial charge in [0, 0.05) is 18.5 Å². The van der Waals surface area contributed by atoms with Gasteiger partial charge in [-0.2, -0.15) is 9.36 Å². The molecule has 0 fully saturated rings. The van der Waals surface area contributed by atoms with E-state index in [1.165, 1.54) is 7.11 Å². The maximum Gasteiger partial charge on any atom is 0.293 e. The molecule has 2 aromatic heterocycles. The molecule has 0 radical (unpaired) electrons. The first-order chi connectivity index (χ1) is 6.29. The fourth-order valence-electron chi connectivity index (χ4n) is 0.766. The average Bonchev–Trinajstić information content (AvgIpc) is 2.71. The van der Waals surface area contributed by atoms with Crippen LogP contribution in [0.4, 0.5) is 0 Å². The van der Waals surface area contributed by atoms with Crippen LogP contribution in [0.2, 0.25) is 0 Å². The number of aryl methyl sites for hydroxylation is 1. The molecule has 0 aliphatic rings. The fourth-order valence-corrected chi connectivity index (χ4v) is 1.25. The topological polar surface area (TPSA) is 73.9 Å². The van der Waals surface area contributed by atoms with Gasteiger partial charge in [0.25, 0.3) is 11.1 Å². The summed E-state index contributed by atoms with van der Waals surface area (Å²) in [5.41, 5.74) is 0. The molecule has 0 bridgehead atoms. The highest BCUT2D eigenvalue weighted by Crippen LogP contribution is 2.20. The van der Waals surface area contributed by atoms with Crippen LogP contribution in [-0.2, 0) is 0 Å². The molecule has 6 nitrogen and oxygen atoms in total. The third kappa shape index (κ3) is 1.50. The van der Waals surface area contributed by atoms with E-state index in [0.717, 1.165) is 11.5 Å². The summed E-state index contributed by atoms with van der Waals surface area (Å²) in [5.74, 6) is 1.21. The van der Waals surface area contributed by atoms with Gasteiger partial charge in [0.1, 0.15) is 0 Å². The van der Waals surface area contributed by atoms with Crippen molar-refractivity contribution in [2.75, 3.05) is 7.11 Å². The fraction of sp³-hybridized carbons (Fsp3) is 0.333. The van der Waals surface area contributed by atoms with Crippen molar-refractivity contribution in [3.8, 4) is 16.9 Å². The summed E-state index contributed by atoms with van der Waals surface area (Å²) < 4.78 is 14.0. The van der Waals surface area contributed by atoms with E-state index in [9.17, 15) is 0 Å². The van der Waals surface area contributed by atoms with Crippen LogP contribution in [0.3, 0.4) is 0 Å². The molecule has 2 aromatic rings. The minimum Gasteiger partial charge on any atom is -0.472 e. The van der Waals surface area contributed by atoms with Gasteiger partial charge in [0.05, 0.1) is 7.11 Å². The lowest BCUT2D eigenvalue weighted by Gasteiger charge is -1.85. The van der Waals surface area contributed by atoms with E-state index in [1.54, 1.807) is 6.92 Å². The second-order valence-electron chi connectivity index (χ2n) is 2.21. The molecule has 0 saturated heterocycles. The maximum absolute atomic E-state index is 5.13. The molecule has 0 aromatic carbocycles. The van der Waals surface area contributed by atoms with Gasteiger partial charge in [-0.15, -0.1) is 10.2 Å². The standard InChI is InChI=1S/C6H6N4O2S/c1-3-8-9-5(12-3)4-7-6(11-2)13-10-4/h1-2H3. The van der Waals surface area contributed by atoms with Crippen molar-refractivity contribution in [3.05, 3.63) is 5.89 Å². The predicted octanol–water partition coefficient (Wildman–Crippen LogP) is 0.905. The second kappa shape index (κ2) is 3.09. The smallest absolute Gasteiger partial charge is 0.293 e. The normalized spacial score (nSPS) is 10.3. The van der Waals surface area contributed by atoms with Gasteiger partial charge in [-0.25, -0.2) is 0 Å². The summed E-state index contributed by atoms with van der Waals surface area (Å²) in [7, 11) is 1.53. The zero-order valence-electron chi connectivity index (χ0n) is 7.01. The summed E-state index contributed by atoms with van der Waals surface area (Å²) in [6.45, 7) is 1.71. The van der Waals surface area contributed by atoms with E-state index >= 15 is 0 Å².